The van der Waals surface area contributed by atoms with E-state index in [0.717, 1.165) is 37.9 Å². The predicted octanol–water partition coefficient (Wildman–Crippen LogP) is 3.49. The highest BCUT2D eigenvalue weighted by Crippen LogP contribution is 2.16. The van der Waals surface area contributed by atoms with Gasteiger partial charge in [-0.25, -0.2) is 4.98 Å². The fraction of sp³-hybridized carbons (Fsp3) is 0.471. The number of hydrogen-bond donors (Lipinski definition) is 1. The third-order valence-electron chi connectivity index (χ3n) is 3.66. The van der Waals surface area contributed by atoms with Crippen molar-refractivity contribution in [1.82, 2.24) is 14.9 Å². The molecule has 0 radical (unpaired) electrons. The Morgan fingerprint density at radius 2 is 2.04 bits per heavy atom. The van der Waals surface area contributed by atoms with Gasteiger partial charge >= 0.3 is 6.61 Å². The van der Waals surface area contributed by atoms with Gasteiger partial charge in [0.1, 0.15) is 5.75 Å². The van der Waals surface area contributed by atoms with Crippen molar-refractivity contribution in [3.05, 3.63) is 48.5 Å². The second-order valence-corrected chi connectivity index (χ2v) is 5.57. The maximum Gasteiger partial charge on any atom is 0.387 e. The number of aromatic nitrogens is 2. The molecule has 2 rings (SSSR count). The maximum atomic E-state index is 12.1. The highest BCUT2D eigenvalue weighted by molar-refractivity contribution is 5.27. The summed E-state index contributed by atoms with van der Waals surface area (Å²) in [5.74, 6) is 0.203. The zero-order valence-corrected chi connectivity index (χ0v) is 13.3. The van der Waals surface area contributed by atoms with Gasteiger partial charge in [-0.2, -0.15) is 8.78 Å². The van der Waals surface area contributed by atoms with Gasteiger partial charge in [-0.05, 0) is 50.4 Å². The van der Waals surface area contributed by atoms with Crippen LogP contribution >= 0.6 is 0 Å². The number of benzene rings is 1. The average Bonchev–Trinajstić information content (AvgIpc) is 3.04. The van der Waals surface area contributed by atoms with E-state index >= 15 is 0 Å². The Hall–Kier alpha value is -1.95. The molecular weight excluding hydrogens is 300 g/mol. The van der Waals surface area contributed by atoms with Gasteiger partial charge in [0, 0.05) is 25.0 Å². The fourth-order valence-electron chi connectivity index (χ4n) is 2.35. The van der Waals surface area contributed by atoms with E-state index in [4.69, 9.17) is 0 Å². The minimum absolute atomic E-state index is 0.203. The lowest BCUT2D eigenvalue weighted by Crippen LogP contribution is -2.28. The third-order valence-corrected chi connectivity index (χ3v) is 3.66. The summed E-state index contributed by atoms with van der Waals surface area (Å²) in [6.07, 6.45) is 8.54. The standard InChI is InChI=1S/C17H23F2N3O/c1-14(21-9-2-11-22-12-10-20-13-22)3-4-15-5-7-16(8-6-15)23-17(18)19/h5-8,10,12-14,17,21H,2-4,9,11H2,1H3. The molecule has 23 heavy (non-hydrogen) atoms. The topological polar surface area (TPSA) is 39.1 Å². The number of ether oxygens (including phenoxy) is 1. The summed E-state index contributed by atoms with van der Waals surface area (Å²) in [6.45, 7) is 1.31. The Balaban J connectivity index is 1.60. The molecule has 1 atom stereocenters. The number of imidazole rings is 1. The van der Waals surface area contributed by atoms with Crippen LogP contribution in [-0.4, -0.2) is 28.7 Å². The fourth-order valence-corrected chi connectivity index (χ4v) is 2.35. The Kier molecular flexibility index (Phi) is 7.00. The van der Waals surface area contributed by atoms with Crippen molar-refractivity contribution >= 4 is 0 Å². The van der Waals surface area contributed by atoms with Crippen molar-refractivity contribution in [3.63, 3.8) is 0 Å². The van der Waals surface area contributed by atoms with E-state index in [2.05, 4.69) is 26.5 Å². The zero-order valence-electron chi connectivity index (χ0n) is 13.3. The molecule has 2 aromatic rings. The first-order chi connectivity index (χ1) is 11.1. The highest BCUT2D eigenvalue weighted by atomic mass is 19.3. The van der Waals surface area contributed by atoms with E-state index < -0.39 is 6.61 Å². The second kappa shape index (κ2) is 9.25. The molecule has 1 heterocycles. The molecule has 0 aliphatic rings. The lowest BCUT2D eigenvalue weighted by molar-refractivity contribution is -0.0498. The van der Waals surface area contributed by atoms with Crippen LogP contribution in [0.4, 0.5) is 8.78 Å². The molecule has 0 fully saturated rings. The van der Waals surface area contributed by atoms with E-state index in [1.807, 2.05) is 24.7 Å². The number of halogens is 2. The third kappa shape index (κ3) is 6.78. The molecule has 0 amide bonds. The van der Waals surface area contributed by atoms with Gasteiger partial charge < -0.3 is 14.6 Å². The summed E-state index contributed by atoms with van der Waals surface area (Å²) < 4.78 is 30.6. The number of hydrogen-bond acceptors (Lipinski definition) is 3. The van der Waals surface area contributed by atoms with Gasteiger partial charge in [0.15, 0.2) is 0 Å². The van der Waals surface area contributed by atoms with Crippen LogP contribution in [0.2, 0.25) is 0 Å². The van der Waals surface area contributed by atoms with Crippen LogP contribution in [0, 0.1) is 0 Å². The van der Waals surface area contributed by atoms with E-state index in [9.17, 15) is 8.78 Å². The Morgan fingerprint density at radius 1 is 1.26 bits per heavy atom. The number of aryl methyl sites for hydroxylation is 2. The molecule has 0 saturated heterocycles. The minimum atomic E-state index is -2.77. The summed E-state index contributed by atoms with van der Waals surface area (Å²) in [4.78, 5) is 4.01. The average molecular weight is 323 g/mol. The summed E-state index contributed by atoms with van der Waals surface area (Å²) >= 11 is 0. The number of nitrogens with one attached hydrogen (secondary N) is 1. The number of rotatable bonds is 10. The van der Waals surface area contributed by atoms with Crippen molar-refractivity contribution in [3.8, 4) is 5.75 Å². The normalized spacial score (nSPS) is 12.5. The van der Waals surface area contributed by atoms with Gasteiger partial charge in [0.25, 0.3) is 0 Å². The molecule has 0 bridgehead atoms. The zero-order chi connectivity index (χ0) is 16.5. The summed E-state index contributed by atoms with van der Waals surface area (Å²) in [5.41, 5.74) is 1.12. The molecule has 0 aliphatic heterocycles. The van der Waals surface area contributed by atoms with Crippen LogP contribution < -0.4 is 10.1 Å². The van der Waals surface area contributed by atoms with Crippen molar-refractivity contribution in [2.75, 3.05) is 6.54 Å². The number of nitrogens with zero attached hydrogens (tertiary/aromatic N) is 2. The number of alkyl halides is 2. The van der Waals surface area contributed by atoms with Crippen molar-refractivity contribution in [1.29, 1.82) is 0 Å². The van der Waals surface area contributed by atoms with Crippen LogP contribution in [0.25, 0.3) is 0 Å². The smallest absolute Gasteiger partial charge is 0.387 e. The molecule has 1 aromatic carbocycles. The predicted molar refractivity (Wildman–Crippen MR) is 85.7 cm³/mol. The summed E-state index contributed by atoms with van der Waals surface area (Å²) in [5, 5.41) is 3.50. The maximum absolute atomic E-state index is 12.1. The second-order valence-electron chi connectivity index (χ2n) is 5.57. The quantitative estimate of drug-likeness (QED) is 0.680. The molecule has 0 spiro atoms. The van der Waals surface area contributed by atoms with Crippen molar-refractivity contribution in [2.24, 2.45) is 0 Å². The molecule has 0 aliphatic carbocycles. The first kappa shape index (κ1) is 17.4. The molecule has 1 N–H and O–H groups in total. The van der Waals surface area contributed by atoms with Gasteiger partial charge in [-0.1, -0.05) is 12.1 Å². The first-order valence-corrected chi connectivity index (χ1v) is 7.86. The SMILES string of the molecule is CC(CCc1ccc(OC(F)F)cc1)NCCCn1ccnc1. The Labute approximate surface area is 135 Å². The van der Waals surface area contributed by atoms with Crippen molar-refractivity contribution in [2.45, 2.75) is 45.4 Å². The van der Waals surface area contributed by atoms with Crippen LogP contribution in [0.3, 0.4) is 0 Å². The molecule has 4 nitrogen and oxygen atoms in total. The minimum Gasteiger partial charge on any atom is -0.435 e. The van der Waals surface area contributed by atoms with Gasteiger partial charge in [0.05, 0.1) is 6.33 Å². The molecule has 126 valence electrons. The van der Waals surface area contributed by atoms with Crippen LogP contribution in [0.1, 0.15) is 25.3 Å². The molecule has 1 aromatic heterocycles. The monoisotopic (exact) mass is 323 g/mol. The largest absolute Gasteiger partial charge is 0.435 e. The van der Waals surface area contributed by atoms with E-state index in [0.29, 0.717) is 6.04 Å². The van der Waals surface area contributed by atoms with E-state index in [-0.39, 0.29) is 5.75 Å². The Morgan fingerprint density at radius 3 is 2.70 bits per heavy atom. The van der Waals surface area contributed by atoms with Gasteiger partial charge in [-0.15, -0.1) is 0 Å². The first-order valence-electron chi connectivity index (χ1n) is 7.86. The van der Waals surface area contributed by atoms with Crippen molar-refractivity contribution < 1.29 is 13.5 Å². The molecule has 6 heteroatoms. The summed E-state index contributed by atoms with van der Waals surface area (Å²) in [6, 6.07) is 7.26. The van der Waals surface area contributed by atoms with Crippen LogP contribution in [-0.2, 0) is 13.0 Å². The Bertz CT molecular complexity index is 543. The van der Waals surface area contributed by atoms with Crippen LogP contribution in [0.5, 0.6) is 5.75 Å². The van der Waals surface area contributed by atoms with Crippen LogP contribution in [0.15, 0.2) is 43.0 Å². The van der Waals surface area contributed by atoms with Gasteiger partial charge in [-0.3, -0.25) is 0 Å². The van der Waals surface area contributed by atoms with E-state index in [1.165, 1.54) is 0 Å². The molecule has 0 saturated carbocycles. The van der Waals surface area contributed by atoms with E-state index in [1.54, 1.807) is 18.3 Å². The summed E-state index contributed by atoms with van der Waals surface area (Å²) in [7, 11) is 0. The lowest BCUT2D eigenvalue weighted by atomic mass is 10.1. The molecular formula is C17H23F2N3O. The highest BCUT2D eigenvalue weighted by Gasteiger charge is 2.05. The lowest BCUT2D eigenvalue weighted by Gasteiger charge is -2.14. The van der Waals surface area contributed by atoms with Gasteiger partial charge in [0.2, 0.25) is 0 Å². The molecule has 1 unspecified atom stereocenters.